The zero-order chi connectivity index (χ0) is 15.5. The van der Waals surface area contributed by atoms with Crippen LogP contribution >= 0.6 is 23.2 Å². The molecule has 0 radical (unpaired) electrons. The van der Waals surface area contributed by atoms with E-state index in [2.05, 4.69) is 4.90 Å². The first-order valence-electron chi connectivity index (χ1n) is 7.54. The van der Waals surface area contributed by atoms with Crippen molar-refractivity contribution >= 4 is 23.2 Å². The van der Waals surface area contributed by atoms with Crippen LogP contribution in [0.3, 0.4) is 0 Å². The van der Waals surface area contributed by atoms with Gasteiger partial charge in [0.2, 0.25) is 0 Å². The van der Waals surface area contributed by atoms with Gasteiger partial charge in [-0.05, 0) is 38.6 Å². The number of nitrogens with zero attached hydrogens (tertiary/aromatic N) is 1. The zero-order valence-corrected chi connectivity index (χ0v) is 14.3. The second-order valence-corrected chi connectivity index (χ2v) is 6.07. The van der Waals surface area contributed by atoms with Gasteiger partial charge in [0.15, 0.2) is 0 Å². The summed E-state index contributed by atoms with van der Waals surface area (Å²) in [5.74, 6) is 0. The summed E-state index contributed by atoms with van der Waals surface area (Å²) in [6, 6.07) is 5.60. The number of rotatable bonds is 11. The fraction of sp³-hybridized carbons (Fsp3) is 0.625. The highest BCUT2D eigenvalue weighted by Crippen LogP contribution is 2.25. The number of halogens is 2. The molecule has 0 spiro atoms. The van der Waals surface area contributed by atoms with E-state index >= 15 is 0 Å². The minimum absolute atomic E-state index is 0.718. The van der Waals surface area contributed by atoms with Crippen molar-refractivity contribution in [3.63, 3.8) is 0 Å². The summed E-state index contributed by atoms with van der Waals surface area (Å²) >= 11 is 12.3. The van der Waals surface area contributed by atoms with Gasteiger partial charge >= 0.3 is 0 Å². The summed E-state index contributed by atoms with van der Waals surface area (Å²) in [7, 11) is 2.05. The van der Waals surface area contributed by atoms with Crippen molar-refractivity contribution in [3.05, 3.63) is 33.8 Å². The summed E-state index contributed by atoms with van der Waals surface area (Å²) in [4.78, 5) is 2.17. The molecule has 0 aliphatic carbocycles. The van der Waals surface area contributed by atoms with E-state index < -0.39 is 0 Å². The van der Waals surface area contributed by atoms with Crippen molar-refractivity contribution in [1.29, 1.82) is 0 Å². The Kier molecular flexibility index (Phi) is 10.1. The van der Waals surface area contributed by atoms with Gasteiger partial charge in [-0.2, -0.15) is 0 Å². The normalized spacial score (nSPS) is 11.3. The average molecular weight is 333 g/mol. The molecule has 120 valence electrons. The molecule has 1 aromatic carbocycles. The highest BCUT2D eigenvalue weighted by atomic mass is 35.5. The predicted molar refractivity (Wildman–Crippen MR) is 91.1 cm³/mol. The van der Waals surface area contributed by atoms with Gasteiger partial charge in [0.05, 0.1) is 6.61 Å². The number of unbranched alkanes of at least 4 members (excludes halogenated alkanes) is 3. The zero-order valence-electron chi connectivity index (χ0n) is 12.8. The highest BCUT2D eigenvalue weighted by molar-refractivity contribution is 6.35. The third-order valence-corrected chi connectivity index (χ3v) is 4.06. The van der Waals surface area contributed by atoms with Gasteiger partial charge in [-0.25, -0.2) is 0 Å². The van der Waals surface area contributed by atoms with Gasteiger partial charge in [-0.3, -0.25) is 4.90 Å². The Morgan fingerprint density at radius 1 is 1.05 bits per heavy atom. The molecule has 0 saturated carbocycles. The maximum absolute atomic E-state index is 6.17. The molecule has 0 atom stereocenters. The quantitative estimate of drug-likeness (QED) is 0.623. The van der Waals surface area contributed by atoms with Crippen LogP contribution in [0.5, 0.6) is 0 Å². The lowest BCUT2D eigenvalue weighted by molar-refractivity contribution is 0.106. The van der Waals surface area contributed by atoms with E-state index in [4.69, 9.17) is 33.7 Å². The number of ether oxygens (including phenoxy) is 1. The minimum atomic E-state index is 0.718. The van der Waals surface area contributed by atoms with E-state index in [-0.39, 0.29) is 0 Å². The van der Waals surface area contributed by atoms with Crippen molar-refractivity contribution in [2.24, 2.45) is 5.73 Å². The van der Waals surface area contributed by atoms with E-state index in [1.165, 1.54) is 12.8 Å². The van der Waals surface area contributed by atoms with Crippen LogP contribution in [0.4, 0.5) is 0 Å². The predicted octanol–water partition coefficient (Wildman–Crippen LogP) is 3.96. The minimum Gasteiger partial charge on any atom is -0.380 e. The van der Waals surface area contributed by atoms with Gasteiger partial charge in [0, 0.05) is 35.3 Å². The molecule has 0 unspecified atom stereocenters. The van der Waals surface area contributed by atoms with E-state index in [1.807, 2.05) is 25.2 Å². The van der Waals surface area contributed by atoms with Crippen molar-refractivity contribution in [2.75, 3.05) is 33.4 Å². The Balaban J connectivity index is 2.13. The SMILES string of the molecule is CN(CCOCCCCCCN)Cc1c(Cl)cccc1Cl. The number of hydrogen-bond acceptors (Lipinski definition) is 3. The van der Waals surface area contributed by atoms with Crippen molar-refractivity contribution in [2.45, 2.75) is 32.2 Å². The van der Waals surface area contributed by atoms with Crippen molar-refractivity contribution in [3.8, 4) is 0 Å². The second kappa shape index (κ2) is 11.3. The summed E-state index contributed by atoms with van der Waals surface area (Å²) < 4.78 is 5.64. The van der Waals surface area contributed by atoms with E-state index in [0.29, 0.717) is 0 Å². The van der Waals surface area contributed by atoms with E-state index in [9.17, 15) is 0 Å². The standard InChI is InChI=1S/C16H26Cl2N2O/c1-20(10-12-21-11-5-3-2-4-9-19)13-14-15(17)7-6-8-16(14)18/h6-8H,2-5,9-13,19H2,1H3. The maximum Gasteiger partial charge on any atom is 0.0593 e. The molecule has 21 heavy (non-hydrogen) atoms. The molecule has 0 aliphatic heterocycles. The van der Waals surface area contributed by atoms with Crippen LogP contribution in [0, 0.1) is 0 Å². The molecule has 0 aliphatic rings. The fourth-order valence-corrected chi connectivity index (χ4v) is 2.57. The van der Waals surface area contributed by atoms with Crippen molar-refractivity contribution in [1.82, 2.24) is 4.90 Å². The number of hydrogen-bond donors (Lipinski definition) is 1. The lowest BCUT2D eigenvalue weighted by atomic mass is 10.2. The fourth-order valence-electron chi connectivity index (χ4n) is 2.06. The summed E-state index contributed by atoms with van der Waals surface area (Å²) in [6.07, 6.45) is 4.62. The smallest absolute Gasteiger partial charge is 0.0593 e. The number of benzene rings is 1. The Morgan fingerprint density at radius 2 is 1.71 bits per heavy atom. The molecule has 0 bridgehead atoms. The molecule has 0 fully saturated rings. The molecule has 3 nitrogen and oxygen atoms in total. The van der Waals surface area contributed by atoms with Gasteiger partial charge in [-0.1, -0.05) is 42.1 Å². The Morgan fingerprint density at radius 3 is 2.38 bits per heavy atom. The van der Waals surface area contributed by atoms with E-state index in [0.717, 1.165) is 61.3 Å². The largest absolute Gasteiger partial charge is 0.380 e. The summed E-state index contributed by atoms with van der Waals surface area (Å²) in [6.45, 7) is 3.94. The lowest BCUT2D eigenvalue weighted by Crippen LogP contribution is -2.23. The first kappa shape index (κ1) is 18.7. The molecular weight excluding hydrogens is 307 g/mol. The summed E-state index contributed by atoms with van der Waals surface area (Å²) in [5.41, 5.74) is 6.43. The lowest BCUT2D eigenvalue weighted by Gasteiger charge is -2.18. The molecule has 2 N–H and O–H groups in total. The topological polar surface area (TPSA) is 38.5 Å². The van der Waals surface area contributed by atoms with Gasteiger partial charge in [-0.15, -0.1) is 0 Å². The maximum atomic E-state index is 6.17. The average Bonchev–Trinajstić information content (AvgIpc) is 2.46. The van der Waals surface area contributed by atoms with Crippen LogP contribution in [0.1, 0.15) is 31.2 Å². The highest BCUT2D eigenvalue weighted by Gasteiger charge is 2.08. The third-order valence-electron chi connectivity index (χ3n) is 3.35. The molecule has 0 saturated heterocycles. The molecule has 0 heterocycles. The van der Waals surface area contributed by atoms with Gasteiger partial charge in [0.1, 0.15) is 0 Å². The molecule has 1 rings (SSSR count). The first-order chi connectivity index (χ1) is 10.1. The second-order valence-electron chi connectivity index (χ2n) is 5.25. The van der Waals surface area contributed by atoms with Gasteiger partial charge in [0.25, 0.3) is 0 Å². The monoisotopic (exact) mass is 332 g/mol. The third kappa shape index (κ3) is 8.03. The summed E-state index contributed by atoms with van der Waals surface area (Å²) in [5, 5.41) is 1.44. The molecular formula is C16H26Cl2N2O. The molecule has 0 amide bonds. The van der Waals surface area contributed by atoms with E-state index in [1.54, 1.807) is 0 Å². The van der Waals surface area contributed by atoms with Crippen LogP contribution in [0.2, 0.25) is 10.0 Å². The van der Waals surface area contributed by atoms with Gasteiger partial charge < -0.3 is 10.5 Å². The number of likely N-dealkylation sites (N-methyl/N-ethyl adjacent to an activating group) is 1. The molecule has 0 aromatic heterocycles. The van der Waals surface area contributed by atoms with Crippen LogP contribution in [-0.2, 0) is 11.3 Å². The first-order valence-corrected chi connectivity index (χ1v) is 8.30. The Labute approximate surface area is 138 Å². The van der Waals surface area contributed by atoms with Crippen LogP contribution in [-0.4, -0.2) is 38.3 Å². The van der Waals surface area contributed by atoms with Crippen LogP contribution in [0.15, 0.2) is 18.2 Å². The number of nitrogens with two attached hydrogens (primary N) is 1. The Hall–Kier alpha value is -0.320. The Bertz CT molecular complexity index is 382. The molecule has 5 heteroatoms. The van der Waals surface area contributed by atoms with Crippen LogP contribution < -0.4 is 5.73 Å². The molecule has 1 aromatic rings. The van der Waals surface area contributed by atoms with Crippen molar-refractivity contribution < 1.29 is 4.74 Å². The van der Waals surface area contributed by atoms with Crippen LogP contribution in [0.25, 0.3) is 0 Å².